The van der Waals surface area contributed by atoms with E-state index in [0.29, 0.717) is 6.04 Å². The number of aromatic nitrogens is 2. The Kier molecular flexibility index (Phi) is 2.43. The van der Waals surface area contributed by atoms with Crippen molar-refractivity contribution in [2.45, 2.75) is 18.9 Å². The van der Waals surface area contributed by atoms with E-state index in [9.17, 15) is 0 Å². The van der Waals surface area contributed by atoms with Gasteiger partial charge in [0.1, 0.15) is 4.75 Å². The summed E-state index contributed by atoms with van der Waals surface area (Å²) in [6, 6.07) is 1.36. The third-order valence-electron chi connectivity index (χ3n) is 3.42. The highest BCUT2D eigenvalue weighted by Gasteiger charge is 2.31. The van der Waals surface area contributed by atoms with Crippen LogP contribution in [0.2, 0.25) is 0 Å². The monoisotopic (exact) mass is 222 g/mol. The van der Waals surface area contributed by atoms with Crippen molar-refractivity contribution in [2.24, 2.45) is 0 Å². The number of nitrogens with zero attached hydrogens (tertiary/aromatic N) is 4. The SMILES string of the molecule is [AlH2][c]1nnc(N2CCN3CCC2CC3)o1. The number of anilines is 1. The maximum Gasteiger partial charge on any atom is 0.354 e. The molecule has 15 heavy (non-hydrogen) atoms. The molecule has 0 saturated carbocycles. The average Bonchev–Trinajstić information content (AvgIpc) is 2.51. The molecule has 0 atom stereocenters. The highest BCUT2D eigenvalue weighted by atomic mass is 27.0. The molecule has 1 aromatic rings. The lowest BCUT2D eigenvalue weighted by atomic mass is 10.1. The summed E-state index contributed by atoms with van der Waals surface area (Å²) in [6.45, 7) is 4.62. The van der Waals surface area contributed by atoms with E-state index in [0.717, 1.165) is 40.1 Å². The van der Waals surface area contributed by atoms with Crippen molar-refractivity contribution < 1.29 is 4.42 Å². The fourth-order valence-electron chi connectivity index (χ4n) is 2.54. The summed E-state index contributed by atoms with van der Waals surface area (Å²) in [5.74, 6) is 0. The Bertz CT molecular complexity index is 348. The molecule has 80 valence electrons. The number of fused-ring (bicyclic) bond motifs is 4. The lowest BCUT2D eigenvalue weighted by Gasteiger charge is -2.30. The maximum atomic E-state index is 5.58. The van der Waals surface area contributed by atoms with Gasteiger partial charge in [0.15, 0.2) is 0 Å². The second kappa shape index (κ2) is 3.78. The van der Waals surface area contributed by atoms with Crippen LogP contribution in [-0.4, -0.2) is 63.6 Å². The van der Waals surface area contributed by atoms with E-state index in [-0.39, 0.29) is 0 Å². The van der Waals surface area contributed by atoms with E-state index >= 15 is 0 Å². The summed E-state index contributed by atoms with van der Waals surface area (Å²) in [5.41, 5.74) is 0. The van der Waals surface area contributed by atoms with Gasteiger partial charge < -0.3 is 14.2 Å². The van der Waals surface area contributed by atoms with E-state index in [4.69, 9.17) is 4.42 Å². The molecule has 0 N–H and O–H groups in total. The Balaban J connectivity index is 1.85. The van der Waals surface area contributed by atoms with Crippen LogP contribution in [0.1, 0.15) is 12.8 Å². The van der Waals surface area contributed by atoms with Crippen LogP contribution in [0, 0.1) is 0 Å². The molecule has 5 nitrogen and oxygen atoms in total. The zero-order valence-electron chi connectivity index (χ0n) is 9.02. The molecule has 0 aliphatic carbocycles. The highest BCUT2D eigenvalue weighted by molar-refractivity contribution is 6.28. The second-order valence-corrected chi connectivity index (χ2v) is 5.23. The molecule has 0 unspecified atom stereocenters. The summed E-state index contributed by atoms with van der Waals surface area (Å²) in [6.07, 6.45) is 2.47. The van der Waals surface area contributed by atoms with Crippen LogP contribution in [0.15, 0.2) is 4.42 Å². The molecular formula is C9H15AlN4O. The van der Waals surface area contributed by atoms with Crippen LogP contribution >= 0.6 is 0 Å². The molecule has 4 heterocycles. The first kappa shape index (κ1) is 9.64. The average molecular weight is 222 g/mol. The lowest BCUT2D eigenvalue weighted by Crippen LogP contribution is -2.38. The summed E-state index contributed by atoms with van der Waals surface area (Å²) in [4.78, 5) is 4.83. The van der Waals surface area contributed by atoms with Crippen molar-refractivity contribution in [3.05, 3.63) is 0 Å². The Labute approximate surface area is 96.9 Å². The van der Waals surface area contributed by atoms with Crippen molar-refractivity contribution in [1.29, 1.82) is 0 Å². The first-order valence-corrected chi connectivity index (χ1v) is 6.62. The first-order valence-electron chi connectivity index (χ1n) is 5.62. The van der Waals surface area contributed by atoms with Gasteiger partial charge in [-0.2, -0.15) is 0 Å². The minimum atomic E-state index is 0.616. The molecule has 3 fully saturated rings. The molecule has 0 radical (unpaired) electrons. The molecule has 0 aromatic carbocycles. The third kappa shape index (κ3) is 1.78. The summed E-state index contributed by atoms with van der Waals surface area (Å²) in [7, 11) is 0. The fourth-order valence-corrected chi connectivity index (χ4v) is 2.82. The van der Waals surface area contributed by atoms with Gasteiger partial charge in [-0.25, -0.2) is 0 Å². The first-order chi connectivity index (χ1) is 7.33. The van der Waals surface area contributed by atoms with Crippen LogP contribution < -0.4 is 9.65 Å². The third-order valence-corrected chi connectivity index (χ3v) is 3.82. The number of piperidine rings is 1. The Morgan fingerprint density at radius 3 is 2.60 bits per heavy atom. The van der Waals surface area contributed by atoms with Crippen LogP contribution in [0.3, 0.4) is 0 Å². The van der Waals surface area contributed by atoms with E-state index < -0.39 is 0 Å². The van der Waals surface area contributed by atoms with Crippen LogP contribution in [0.25, 0.3) is 0 Å². The number of hydrogen-bond acceptors (Lipinski definition) is 5. The van der Waals surface area contributed by atoms with Crippen molar-refractivity contribution in [3.63, 3.8) is 0 Å². The van der Waals surface area contributed by atoms with Crippen molar-refractivity contribution in [3.8, 4) is 0 Å². The summed E-state index contributed by atoms with van der Waals surface area (Å²) >= 11 is 0.842. The molecule has 2 bridgehead atoms. The Morgan fingerprint density at radius 2 is 1.93 bits per heavy atom. The number of hydrogen-bond donors (Lipinski definition) is 0. The predicted octanol–water partition coefficient (Wildman–Crippen LogP) is -1.39. The van der Waals surface area contributed by atoms with Crippen molar-refractivity contribution in [2.75, 3.05) is 31.1 Å². The second-order valence-electron chi connectivity index (χ2n) is 4.37. The van der Waals surface area contributed by atoms with Gasteiger partial charge >= 0.3 is 22.3 Å². The van der Waals surface area contributed by atoms with Crippen LogP contribution in [0.4, 0.5) is 6.01 Å². The van der Waals surface area contributed by atoms with E-state index in [1.807, 2.05) is 0 Å². The predicted molar refractivity (Wildman–Crippen MR) is 59.3 cm³/mol. The molecule has 4 rings (SSSR count). The van der Waals surface area contributed by atoms with E-state index in [1.165, 1.54) is 25.9 Å². The van der Waals surface area contributed by atoms with Gasteiger partial charge in [0.2, 0.25) is 0 Å². The Morgan fingerprint density at radius 1 is 1.13 bits per heavy atom. The quantitative estimate of drug-likeness (QED) is 0.548. The standard InChI is InChI=1S/C9H13N4O.Al.2H/c1-3-12-4-2-8(1)13(6-5-12)9-11-10-7-14-9;;;/h8H,1-6H2;;;. The van der Waals surface area contributed by atoms with Crippen molar-refractivity contribution >= 4 is 27.1 Å². The zero-order valence-corrected chi connectivity index (χ0v) is 11.0. The maximum absolute atomic E-state index is 5.58. The summed E-state index contributed by atoms with van der Waals surface area (Å²) in [5, 5.41) is 8.12. The smallest absolute Gasteiger partial charge is 0.354 e. The van der Waals surface area contributed by atoms with E-state index in [2.05, 4.69) is 20.0 Å². The number of rotatable bonds is 1. The van der Waals surface area contributed by atoms with Crippen LogP contribution in [-0.2, 0) is 0 Å². The van der Waals surface area contributed by atoms with Crippen molar-refractivity contribution in [1.82, 2.24) is 15.1 Å². The molecule has 6 heteroatoms. The zero-order chi connectivity index (χ0) is 10.3. The minimum Gasteiger partial charge on any atom is -0.429 e. The highest BCUT2D eigenvalue weighted by Crippen LogP contribution is 2.24. The van der Waals surface area contributed by atoms with Gasteiger partial charge in [-0.3, -0.25) is 0 Å². The molecule has 3 aliphatic heterocycles. The topological polar surface area (TPSA) is 45.4 Å². The van der Waals surface area contributed by atoms with Gasteiger partial charge in [-0.1, -0.05) is 5.10 Å². The largest absolute Gasteiger partial charge is 0.429 e. The molecule has 0 amide bonds. The molecule has 1 aromatic heterocycles. The lowest BCUT2D eigenvalue weighted by molar-refractivity contribution is 0.249. The molecule has 0 spiro atoms. The van der Waals surface area contributed by atoms with Gasteiger partial charge in [0, 0.05) is 32.2 Å². The molecular weight excluding hydrogens is 207 g/mol. The molecule has 3 saturated heterocycles. The normalized spacial score (nSPS) is 30.5. The summed E-state index contributed by atoms with van der Waals surface area (Å²) < 4.78 is 6.37. The van der Waals surface area contributed by atoms with Gasteiger partial charge in [0.05, 0.1) is 0 Å². The Hall–Kier alpha value is -0.568. The van der Waals surface area contributed by atoms with E-state index in [1.54, 1.807) is 0 Å². The van der Waals surface area contributed by atoms with Gasteiger partial charge in [-0.15, -0.1) is 5.10 Å². The fraction of sp³-hybridized carbons (Fsp3) is 0.778. The van der Waals surface area contributed by atoms with Gasteiger partial charge in [-0.05, 0) is 12.8 Å². The molecule has 3 aliphatic rings. The van der Waals surface area contributed by atoms with Crippen LogP contribution in [0.5, 0.6) is 0 Å². The van der Waals surface area contributed by atoms with Gasteiger partial charge in [0.25, 0.3) is 0 Å². The minimum absolute atomic E-state index is 0.616.